The third kappa shape index (κ3) is 3.82. The van der Waals surface area contributed by atoms with Crippen LogP contribution in [0.2, 0.25) is 0 Å². The fourth-order valence-electron chi connectivity index (χ4n) is 3.35. The zero-order chi connectivity index (χ0) is 19.5. The quantitative estimate of drug-likeness (QED) is 0.715. The van der Waals surface area contributed by atoms with Gasteiger partial charge in [-0.25, -0.2) is 0 Å². The summed E-state index contributed by atoms with van der Waals surface area (Å²) in [6.45, 7) is 2.57. The number of benzene rings is 1. The van der Waals surface area contributed by atoms with E-state index in [9.17, 15) is 9.59 Å². The summed E-state index contributed by atoms with van der Waals surface area (Å²) in [6, 6.07) is 11.2. The Bertz CT molecular complexity index is 983. The lowest BCUT2D eigenvalue weighted by atomic mass is 10.1. The molecule has 0 spiro atoms. The molecule has 4 rings (SSSR count). The van der Waals surface area contributed by atoms with Gasteiger partial charge in [0.1, 0.15) is 6.04 Å². The van der Waals surface area contributed by atoms with Crippen LogP contribution in [0.4, 0.5) is 0 Å². The van der Waals surface area contributed by atoms with Gasteiger partial charge in [-0.05, 0) is 37.3 Å². The Morgan fingerprint density at radius 1 is 1.32 bits per heavy atom. The molecule has 1 aliphatic heterocycles. The monoisotopic (exact) mass is 396 g/mol. The van der Waals surface area contributed by atoms with Crippen LogP contribution in [0.25, 0.3) is 11.4 Å². The fourth-order valence-corrected chi connectivity index (χ4v) is 3.99. The SMILES string of the molecule is Cc1cccc(-c2noc([C@H]3CCCN3C(=O)CNC(=O)c3cccs3)n2)c1. The van der Waals surface area contributed by atoms with Gasteiger partial charge in [-0.3, -0.25) is 9.59 Å². The van der Waals surface area contributed by atoms with E-state index in [0.29, 0.717) is 23.1 Å². The van der Waals surface area contributed by atoms with Crippen LogP contribution in [-0.2, 0) is 4.79 Å². The average Bonchev–Trinajstić information content (AvgIpc) is 3.46. The van der Waals surface area contributed by atoms with Gasteiger partial charge in [0, 0.05) is 12.1 Å². The van der Waals surface area contributed by atoms with E-state index in [-0.39, 0.29) is 24.4 Å². The summed E-state index contributed by atoms with van der Waals surface area (Å²) >= 11 is 1.34. The number of hydrogen-bond acceptors (Lipinski definition) is 6. The van der Waals surface area contributed by atoms with Crippen molar-refractivity contribution in [2.45, 2.75) is 25.8 Å². The van der Waals surface area contributed by atoms with Gasteiger partial charge >= 0.3 is 0 Å². The zero-order valence-electron chi connectivity index (χ0n) is 15.4. The maximum absolute atomic E-state index is 12.6. The fraction of sp³-hybridized carbons (Fsp3) is 0.300. The first-order valence-corrected chi connectivity index (χ1v) is 10.0. The van der Waals surface area contributed by atoms with Crippen molar-refractivity contribution in [3.8, 4) is 11.4 Å². The van der Waals surface area contributed by atoms with Crippen molar-refractivity contribution in [2.75, 3.05) is 13.1 Å². The Labute approximate surface area is 166 Å². The van der Waals surface area contributed by atoms with Crippen LogP contribution in [-0.4, -0.2) is 39.9 Å². The second kappa shape index (κ2) is 7.93. The molecule has 1 aromatic carbocycles. The highest BCUT2D eigenvalue weighted by Crippen LogP contribution is 2.32. The first kappa shape index (κ1) is 18.4. The maximum Gasteiger partial charge on any atom is 0.261 e. The number of nitrogens with zero attached hydrogens (tertiary/aromatic N) is 3. The molecule has 1 fully saturated rings. The third-order valence-electron chi connectivity index (χ3n) is 4.72. The van der Waals surface area contributed by atoms with Crippen LogP contribution in [0.15, 0.2) is 46.3 Å². The molecule has 0 unspecified atom stereocenters. The molecule has 3 heterocycles. The number of hydrogen-bond donors (Lipinski definition) is 1. The predicted octanol–water partition coefficient (Wildman–Crippen LogP) is 3.20. The van der Waals surface area contributed by atoms with Gasteiger partial charge in [0.15, 0.2) is 0 Å². The predicted molar refractivity (Wildman–Crippen MR) is 105 cm³/mol. The normalized spacial score (nSPS) is 16.3. The van der Waals surface area contributed by atoms with E-state index in [0.717, 1.165) is 24.0 Å². The Hall–Kier alpha value is -3.00. The van der Waals surface area contributed by atoms with Crippen molar-refractivity contribution in [3.05, 3.63) is 58.1 Å². The number of thiophene rings is 1. The topological polar surface area (TPSA) is 88.3 Å². The molecule has 8 heteroatoms. The number of aryl methyl sites for hydroxylation is 1. The Morgan fingerprint density at radius 3 is 3.00 bits per heavy atom. The summed E-state index contributed by atoms with van der Waals surface area (Å²) in [5.41, 5.74) is 2.00. The molecule has 7 nitrogen and oxygen atoms in total. The number of aromatic nitrogens is 2. The van der Waals surface area contributed by atoms with Crippen molar-refractivity contribution in [3.63, 3.8) is 0 Å². The molecule has 0 radical (unpaired) electrons. The molecule has 1 N–H and O–H groups in total. The van der Waals surface area contributed by atoms with Crippen molar-refractivity contribution in [2.24, 2.45) is 0 Å². The molecule has 2 amide bonds. The second-order valence-corrected chi connectivity index (χ2v) is 7.68. The average molecular weight is 396 g/mol. The maximum atomic E-state index is 12.6. The van der Waals surface area contributed by atoms with Crippen LogP contribution in [0.3, 0.4) is 0 Å². The molecule has 0 aliphatic carbocycles. The van der Waals surface area contributed by atoms with E-state index in [2.05, 4.69) is 15.5 Å². The molecule has 0 bridgehead atoms. The smallest absolute Gasteiger partial charge is 0.261 e. The van der Waals surface area contributed by atoms with Crippen molar-refractivity contribution in [1.29, 1.82) is 0 Å². The lowest BCUT2D eigenvalue weighted by Gasteiger charge is -2.21. The molecule has 1 atom stereocenters. The zero-order valence-corrected chi connectivity index (χ0v) is 16.2. The van der Waals surface area contributed by atoms with E-state index >= 15 is 0 Å². The molecule has 144 valence electrons. The van der Waals surface area contributed by atoms with Crippen molar-refractivity contribution >= 4 is 23.2 Å². The van der Waals surface area contributed by atoms with E-state index in [4.69, 9.17) is 4.52 Å². The molecular weight excluding hydrogens is 376 g/mol. The van der Waals surface area contributed by atoms with Crippen molar-refractivity contribution in [1.82, 2.24) is 20.4 Å². The number of rotatable bonds is 5. The Morgan fingerprint density at radius 2 is 2.21 bits per heavy atom. The number of nitrogens with one attached hydrogen (secondary N) is 1. The second-order valence-electron chi connectivity index (χ2n) is 6.73. The Kier molecular flexibility index (Phi) is 5.21. The van der Waals surface area contributed by atoms with Crippen LogP contribution in [0, 0.1) is 6.92 Å². The first-order valence-electron chi connectivity index (χ1n) is 9.13. The van der Waals surface area contributed by atoms with Gasteiger partial charge < -0.3 is 14.7 Å². The molecule has 28 heavy (non-hydrogen) atoms. The lowest BCUT2D eigenvalue weighted by Crippen LogP contribution is -2.39. The van der Waals surface area contributed by atoms with Crippen LogP contribution in [0.1, 0.15) is 40.0 Å². The van der Waals surface area contributed by atoms with Crippen molar-refractivity contribution < 1.29 is 14.1 Å². The minimum Gasteiger partial charge on any atom is -0.342 e. The first-order chi connectivity index (χ1) is 13.6. The number of carbonyl (C=O) groups excluding carboxylic acids is 2. The van der Waals surface area contributed by atoms with E-state index in [1.165, 1.54) is 11.3 Å². The summed E-state index contributed by atoms with van der Waals surface area (Å²) in [4.78, 5) is 31.5. The minimum absolute atomic E-state index is 0.0495. The molecule has 1 aliphatic rings. The van der Waals surface area contributed by atoms with E-state index in [1.807, 2.05) is 36.6 Å². The largest absolute Gasteiger partial charge is 0.342 e. The van der Waals surface area contributed by atoms with Crippen LogP contribution < -0.4 is 5.32 Å². The van der Waals surface area contributed by atoms with Crippen LogP contribution >= 0.6 is 11.3 Å². The Balaban J connectivity index is 1.43. The van der Waals surface area contributed by atoms with Gasteiger partial charge in [0.25, 0.3) is 5.91 Å². The number of likely N-dealkylation sites (tertiary alicyclic amines) is 1. The third-order valence-corrected chi connectivity index (χ3v) is 5.59. The highest BCUT2D eigenvalue weighted by atomic mass is 32.1. The lowest BCUT2D eigenvalue weighted by molar-refractivity contribution is -0.131. The van der Waals surface area contributed by atoms with Gasteiger partial charge in [-0.15, -0.1) is 11.3 Å². The molecule has 1 saturated heterocycles. The summed E-state index contributed by atoms with van der Waals surface area (Å²) in [5, 5.41) is 8.59. The van der Waals surface area contributed by atoms with Gasteiger partial charge in [0.05, 0.1) is 11.4 Å². The van der Waals surface area contributed by atoms with Gasteiger partial charge in [0.2, 0.25) is 17.6 Å². The number of carbonyl (C=O) groups is 2. The summed E-state index contributed by atoms with van der Waals surface area (Å²) in [5.74, 6) is 0.567. The molecule has 2 aromatic heterocycles. The molecule has 0 saturated carbocycles. The van der Waals surface area contributed by atoms with Crippen LogP contribution in [0.5, 0.6) is 0 Å². The molecule has 3 aromatic rings. The van der Waals surface area contributed by atoms with Gasteiger partial charge in [-0.1, -0.05) is 35.0 Å². The van der Waals surface area contributed by atoms with Gasteiger partial charge in [-0.2, -0.15) is 4.98 Å². The summed E-state index contributed by atoms with van der Waals surface area (Å²) in [7, 11) is 0. The summed E-state index contributed by atoms with van der Waals surface area (Å²) in [6.07, 6.45) is 1.62. The number of amides is 2. The molecular formula is C20H20N4O3S. The minimum atomic E-state index is -0.253. The highest BCUT2D eigenvalue weighted by molar-refractivity contribution is 7.12. The summed E-state index contributed by atoms with van der Waals surface area (Å²) < 4.78 is 5.47. The standard InChI is InChI=1S/C20H20N4O3S/c1-13-5-2-6-14(11-13)18-22-20(27-23-18)15-7-3-9-24(15)17(25)12-21-19(26)16-8-4-10-28-16/h2,4-6,8,10-11,15H,3,7,9,12H2,1H3,(H,21,26)/t15-/m1/s1. The van der Waals surface area contributed by atoms with E-state index in [1.54, 1.807) is 17.0 Å². The van der Waals surface area contributed by atoms with E-state index < -0.39 is 0 Å². The highest BCUT2D eigenvalue weighted by Gasteiger charge is 2.34.